The van der Waals surface area contributed by atoms with Crippen molar-refractivity contribution in [2.45, 2.75) is 45.3 Å². The number of hydrogen-bond donors (Lipinski definition) is 2. The van der Waals surface area contributed by atoms with E-state index in [1.54, 1.807) is 12.0 Å². The number of amidine groups is 1. The fraction of sp³-hybridized carbons (Fsp3) is 0.769. The lowest BCUT2D eigenvalue weighted by Gasteiger charge is -2.48. The molecule has 38 heavy (non-hydrogen) atoms. The molecule has 3 saturated heterocycles. The van der Waals surface area contributed by atoms with Crippen molar-refractivity contribution < 1.29 is 14.3 Å². The number of carbonyl (C=O) groups excluding carboxylic acids is 1. The van der Waals surface area contributed by atoms with Crippen molar-refractivity contribution in [3.05, 3.63) is 11.8 Å². The standard InChI is InChI=1S/C26H45N9O3/c1-26(2,3)38-25(36)35-18-20(19-35)32-12-14-33(15-13-32)22-17-21(23(27)28)29-24(30-22)34-9-5-7-31(10-11-34)8-6-16-37-4/h17,20H,5-16,18-19H2,1-4H3,(H3,27,28). The monoisotopic (exact) mass is 531 g/mol. The molecule has 0 aliphatic carbocycles. The van der Waals surface area contributed by atoms with Gasteiger partial charge in [-0.1, -0.05) is 0 Å². The van der Waals surface area contributed by atoms with E-state index in [0.717, 1.165) is 84.2 Å². The summed E-state index contributed by atoms with van der Waals surface area (Å²) in [6, 6.07) is 2.20. The summed E-state index contributed by atoms with van der Waals surface area (Å²) >= 11 is 0. The number of piperazine rings is 1. The summed E-state index contributed by atoms with van der Waals surface area (Å²) in [6.07, 6.45) is 1.84. The van der Waals surface area contributed by atoms with Gasteiger partial charge in [-0.15, -0.1) is 0 Å². The predicted molar refractivity (Wildman–Crippen MR) is 148 cm³/mol. The number of aromatic nitrogens is 2. The Hall–Kier alpha value is -2.70. The van der Waals surface area contributed by atoms with E-state index in [0.29, 0.717) is 30.8 Å². The highest BCUT2D eigenvalue weighted by Crippen LogP contribution is 2.24. The first kappa shape index (κ1) is 28.3. The van der Waals surface area contributed by atoms with Crippen LogP contribution in [-0.2, 0) is 9.47 Å². The van der Waals surface area contributed by atoms with Gasteiger partial charge in [-0.05, 0) is 40.2 Å². The van der Waals surface area contributed by atoms with Crippen LogP contribution in [0.2, 0.25) is 0 Å². The summed E-state index contributed by atoms with van der Waals surface area (Å²) in [5.74, 6) is 1.44. The van der Waals surface area contributed by atoms with E-state index in [1.165, 1.54) is 0 Å². The Balaban J connectivity index is 1.34. The minimum absolute atomic E-state index is 0.0405. The Bertz CT molecular complexity index is 956. The molecule has 12 heteroatoms. The van der Waals surface area contributed by atoms with Crippen LogP contribution in [0.25, 0.3) is 0 Å². The summed E-state index contributed by atoms with van der Waals surface area (Å²) in [7, 11) is 1.74. The maximum Gasteiger partial charge on any atom is 0.410 e. The molecule has 0 radical (unpaired) electrons. The lowest BCUT2D eigenvalue weighted by molar-refractivity contribution is -0.0162. The van der Waals surface area contributed by atoms with E-state index in [9.17, 15) is 4.79 Å². The van der Waals surface area contributed by atoms with Crippen LogP contribution in [0, 0.1) is 5.41 Å². The van der Waals surface area contributed by atoms with Gasteiger partial charge >= 0.3 is 6.09 Å². The van der Waals surface area contributed by atoms with Gasteiger partial charge in [0, 0.05) is 91.3 Å². The van der Waals surface area contributed by atoms with E-state index in [-0.39, 0.29) is 11.9 Å². The molecular formula is C26H45N9O3. The Morgan fingerprint density at radius 2 is 1.76 bits per heavy atom. The van der Waals surface area contributed by atoms with E-state index < -0.39 is 5.60 Å². The quantitative estimate of drug-likeness (QED) is 0.285. The van der Waals surface area contributed by atoms with Crippen LogP contribution in [0.5, 0.6) is 0 Å². The molecule has 3 fully saturated rings. The largest absolute Gasteiger partial charge is 0.444 e. The summed E-state index contributed by atoms with van der Waals surface area (Å²) in [5, 5.41) is 8.03. The summed E-state index contributed by atoms with van der Waals surface area (Å²) in [4.78, 5) is 33.0. The van der Waals surface area contributed by atoms with Crippen LogP contribution in [0.4, 0.5) is 16.6 Å². The van der Waals surface area contributed by atoms with E-state index in [1.807, 2.05) is 26.8 Å². The van der Waals surface area contributed by atoms with Crippen LogP contribution < -0.4 is 15.5 Å². The van der Waals surface area contributed by atoms with Gasteiger partial charge in [0.25, 0.3) is 0 Å². The first-order valence-electron chi connectivity index (χ1n) is 13.8. The van der Waals surface area contributed by atoms with Crippen molar-refractivity contribution in [3.63, 3.8) is 0 Å². The fourth-order valence-electron chi connectivity index (χ4n) is 5.17. The van der Waals surface area contributed by atoms with Gasteiger partial charge in [0.05, 0.1) is 0 Å². The molecule has 3 aliphatic rings. The first-order chi connectivity index (χ1) is 18.1. The van der Waals surface area contributed by atoms with Gasteiger partial charge in [0.1, 0.15) is 22.9 Å². The second-order valence-corrected chi connectivity index (χ2v) is 11.4. The second kappa shape index (κ2) is 12.4. The number of amides is 1. The summed E-state index contributed by atoms with van der Waals surface area (Å²) in [6.45, 7) is 16.1. The van der Waals surface area contributed by atoms with Gasteiger partial charge in [-0.25, -0.2) is 9.78 Å². The average molecular weight is 532 g/mol. The minimum Gasteiger partial charge on any atom is -0.444 e. The fourth-order valence-corrected chi connectivity index (χ4v) is 5.17. The highest BCUT2D eigenvalue weighted by molar-refractivity contribution is 5.94. The maximum absolute atomic E-state index is 12.3. The molecule has 0 aromatic carbocycles. The molecule has 3 aliphatic heterocycles. The number of ether oxygens (including phenoxy) is 2. The van der Waals surface area contributed by atoms with Gasteiger partial charge in [-0.2, -0.15) is 4.98 Å². The molecule has 0 atom stereocenters. The summed E-state index contributed by atoms with van der Waals surface area (Å²) in [5.41, 5.74) is 5.88. The Kier molecular flexibility index (Phi) is 9.27. The van der Waals surface area contributed by atoms with Crippen LogP contribution in [0.3, 0.4) is 0 Å². The minimum atomic E-state index is -0.473. The lowest BCUT2D eigenvalue weighted by Crippen LogP contribution is -2.64. The second-order valence-electron chi connectivity index (χ2n) is 11.4. The van der Waals surface area contributed by atoms with Gasteiger partial charge in [-0.3, -0.25) is 10.3 Å². The number of anilines is 2. The number of carbonyl (C=O) groups is 1. The van der Waals surface area contributed by atoms with Crippen LogP contribution >= 0.6 is 0 Å². The van der Waals surface area contributed by atoms with Crippen molar-refractivity contribution in [1.82, 2.24) is 24.7 Å². The molecule has 1 aromatic rings. The van der Waals surface area contributed by atoms with Crippen LogP contribution in [0.1, 0.15) is 39.3 Å². The zero-order valence-corrected chi connectivity index (χ0v) is 23.5. The average Bonchev–Trinajstić information content (AvgIpc) is 3.08. The molecule has 0 saturated carbocycles. The SMILES string of the molecule is COCCCN1CCCN(c2nc(C(=N)N)cc(N3CCN(C4CN(C(=O)OC(C)(C)C)C4)CC3)n2)CC1. The van der Waals surface area contributed by atoms with Gasteiger partial charge < -0.3 is 34.8 Å². The number of nitrogens with two attached hydrogens (primary N) is 1. The van der Waals surface area contributed by atoms with Gasteiger partial charge in [0.15, 0.2) is 0 Å². The molecular weight excluding hydrogens is 486 g/mol. The van der Waals surface area contributed by atoms with E-state index in [4.69, 9.17) is 25.6 Å². The van der Waals surface area contributed by atoms with Crippen molar-refractivity contribution in [2.75, 3.05) is 95.5 Å². The number of rotatable bonds is 8. The molecule has 1 amide bonds. The first-order valence-corrected chi connectivity index (χ1v) is 13.8. The van der Waals surface area contributed by atoms with Crippen molar-refractivity contribution in [2.24, 2.45) is 5.73 Å². The molecule has 1 aromatic heterocycles. The predicted octanol–water partition coefficient (Wildman–Crippen LogP) is 1.05. The number of nitrogens with one attached hydrogen (secondary N) is 1. The highest BCUT2D eigenvalue weighted by Gasteiger charge is 2.38. The smallest absolute Gasteiger partial charge is 0.410 e. The molecule has 4 rings (SSSR count). The normalized spacial score (nSPS) is 20.3. The number of nitrogens with zero attached hydrogens (tertiary/aromatic N) is 7. The third-order valence-corrected chi connectivity index (χ3v) is 7.34. The van der Waals surface area contributed by atoms with Crippen molar-refractivity contribution >= 4 is 23.7 Å². The van der Waals surface area contributed by atoms with Crippen LogP contribution in [-0.4, -0.2) is 134 Å². The topological polar surface area (TPSA) is 127 Å². The maximum atomic E-state index is 12.3. The number of likely N-dealkylation sites (tertiary alicyclic amines) is 1. The summed E-state index contributed by atoms with van der Waals surface area (Å²) < 4.78 is 10.7. The Morgan fingerprint density at radius 1 is 1.05 bits per heavy atom. The third kappa shape index (κ3) is 7.45. The molecule has 3 N–H and O–H groups in total. The zero-order chi connectivity index (χ0) is 27.3. The molecule has 212 valence electrons. The molecule has 0 bridgehead atoms. The van der Waals surface area contributed by atoms with Gasteiger partial charge in [0.2, 0.25) is 5.95 Å². The van der Waals surface area contributed by atoms with E-state index in [2.05, 4.69) is 24.6 Å². The molecule has 4 heterocycles. The van der Waals surface area contributed by atoms with Crippen LogP contribution in [0.15, 0.2) is 6.07 Å². The molecule has 0 spiro atoms. The van der Waals surface area contributed by atoms with Crippen molar-refractivity contribution in [1.29, 1.82) is 5.41 Å². The zero-order valence-electron chi connectivity index (χ0n) is 23.5. The van der Waals surface area contributed by atoms with E-state index >= 15 is 0 Å². The Morgan fingerprint density at radius 3 is 2.42 bits per heavy atom. The third-order valence-electron chi connectivity index (χ3n) is 7.34. The highest BCUT2D eigenvalue weighted by atomic mass is 16.6. The number of nitrogen functional groups attached to an aromatic ring is 1. The molecule has 12 nitrogen and oxygen atoms in total. The molecule has 0 unspecified atom stereocenters. The lowest BCUT2D eigenvalue weighted by atomic mass is 10.1. The number of hydrogen-bond acceptors (Lipinski definition) is 10. The van der Waals surface area contributed by atoms with Crippen molar-refractivity contribution in [3.8, 4) is 0 Å². The Labute approximate surface area is 226 Å². The number of methoxy groups -OCH3 is 1.